The van der Waals surface area contributed by atoms with Crippen LogP contribution in [0.1, 0.15) is 18.1 Å². The summed E-state index contributed by atoms with van der Waals surface area (Å²) >= 11 is 3.59. The van der Waals surface area contributed by atoms with Crippen LogP contribution in [-0.2, 0) is 13.0 Å². The molecule has 2 nitrogen and oxygen atoms in total. The molecule has 0 radical (unpaired) electrons. The van der Waals surface area contributed by atoms with Gasteiger partial charge in [0.1, 0.15) is 0 Å². The molecule has 0 aliphatic heterocycles. The maximum atomic E-state index is 5.96. The number of hydrogen-bond acceptors (Lipinski definition) is 1. The van der Waals surface area contributed by atoms with Crippen molar-refractivity contribution in [1.82, 2.24) is 4.57 Å². The predicted octanol–water partition coefficient (Wildman–Crippen LogP) is 4.60. The molecule has 0 aliphatic carbocycles. The normalized spacial score (nSPS) is 11.1. The van der Waals surface area contributed by atoms with Crippen molar-refractivity contribution in [3.8, 4) is 0 Å². The van der Waals surface area contributed by atoms with Crippen molar-refractivity contribution >= 4 is 32.5 Å². The first-order chi connectivity index (χ1) is 9.70. The molecule has 0 saturated heterocycles. The van der Waals surface area contributed by atoms with E-state index in [0.29, 0.717) is 0 Å². The van der Waals surface area contributed by atoms with Crippen LogP contribution in [0.2, 0.25) is 0 Å². The minimum absolute atomic E-state index is 0.787. The van der Waals surface area contributed by atoms with Crippen molar-refractivity contribution in [2.24, 2.45) is 0 Å². The summed E-state index contributed by atoms with van der Waals surface area (Å²) in [5.41, 5.74) is 10.7. The van der Waals surface area contributed by atoms with Gasteiger partial charge >= 0.3 is 0 Å². The fraction of sp³-hybridized carbons (Fsp3) is 0.176. The van der Waals surface area contributed by atoms with E-state index in [4.69, 9.17) is 5.73 Å². The fourth-order valence-electron chi connectivity index (χ4n) is 2.66. The second-order valence-corrected chi connectivity index (χ2v) is 5.77. The number of rotatable bonds is 3. The summed E-state index contributed by atoms with van der Waals surface area (Å²) < 4.78 is 3.30. The Hall–Kier alpha value is -1.74. The number of nitrogens with two attached hydrogens (primary N) is 1. The first-order valence-electron chi connectivity index (χ1n) is 6.80. The summed E-state index contributed by atoms with van der Waals surface area (Å²) in [7, 11) is 0. The smallest absolute Gasteiger partial charge is 0.0515 e. The minimum atomic E-state index is 0.787. The Morgan fingerprint density at radius 1 is 1.05 bits per heavy atom. The van der Waals surface area contributed by atoms with Crippen LogP contribution in [0.15, 0.2) is 53.1 Å². The molecule has 0 bridgehead atoms. The van der Waals surface area contributed by atoms with Crippen molar-refractivity contribution < 1.29 is 0 Å². The molecule has 102 valence electrons. The van der Waals surface area contributed by atoms with Crippen LogP contribution in [-0.4, -0.2) is 4.57 Å². The monoisotopic (exact) mass is 328 g/mol. The van der Waals surface area contributed by atoms with E-state index in [-0.39, 0.29) is 0 Å². The third-order valence-electron chi connectivity index (χ3n) is 3.70. The number of nitrogen functional groups attached to an aromatic ring is 1. The summed E-state index contributed by atoms with van der Waals surface area (Å²) in [6, 6.07) is 14.7. The highest BCUT2D eigenvalue weighted by Gasteiger charge is 2.08. The second kappa shape index (κ2) is 5.33. The van der Waals surface area contributed by atoms with Gasteiger partial charge in [-0.25, -0.2) is 0 Å². The van der Waals surface area contributed by atoms with Crippen molar-refractivity contribution in [3.63, 3.8) is 0 Å². The molecule has 0 amide bonds. The Labute approximate surface area is 127 Å². The van der Waals surface area contributed by atoms with E-state index in [1.165, 1.54) is 22.0 Å². The van der Waals surface area contributed by atoms with E-state index in [0.717, 1.165) is 23.1 Å². The number of anilines is 1. The number of para-hydroxylation sites is 1. The molecule has 1 aromatic heterocycles. The lowest BCUT2D eigenvalue weighted by Gasteiger charge is -2.11. The molecule has 2 N–H and O–H groups in total. The Bertz CT molecular complexity index is 759. The van der Waals surface area contributed by atoms with Gasteiger partial charge in [0, 0.05) is 22.9 Å². The third-order valence-corrected chi connectivity index (χ3v) is 4.67. The zero-order chi connectivity index (χ0) is 14.1. The summed E-state index contributed by atoms with van der Waals surface area (Å²) in [5, 5.41) is 1.30. The second-order valence-electron chi connectivity index (χ2n) is 4.97. The topological polar surface area (TPSA) is 30.9 Å². The summed E-state index contributed by atoms with van der Waals surface area (Å²) in [6.45, 7) is 3.02. The highest BCUT2D eigenvalue weighted by molar-refractivity contribution is 9.10. The number of nitrogens with zero attached hydrogens (tertiary/aromatic N) is 1. The van der Waals surface area contributed by atoms with Gasteiger partial charge in [0.05, 0.1) is 5.52 Å². The third kappa shape index (κ3) is 2.22. The average molecular weight is 329 g/mol. The van der Waals surface area contributed by atoms with Gasteiger partial charge in [-0.15, -0.1) is 0 Å². The Morgan fingerprint density at radius 3 is 2.60 bits per heavy atom. The molecular formula is C17H17BrN2. The summed E-state index contributed by atoms with van der Waals surface area (Å²) in [6.07, 6.45) is 3.19. The SMILES string of the molecule is CCc1cccc2ccn(Cc3cccc(N)c3Br)c12. The molecule has 1 heterocycles. The number of benzene rings is 2. The Balaban J connectivity index is 2.09. The lowest BCUT2D eigenvalue weighted by Crippen LogP contribution is -2.02. The number of hydrogen-bond donors (Lipinski definition) is 1. The fourth-order valence-corrected chi connectivity index (χ4v) is 3.05. The van der Waals surface area contributed by atoms with E-state index in [1.807, 2.05) is 12.1 Å². The quantitative estimate of drug-likeness (QED) is 0.700. The molecule has 0 unspecified atom stereocenters. The summed E-state index contributed by atoms with van der Waals surface area (Å²) in [5.74, 6) is 0. The molecule has 3 aromatic rings. The predicted molar refractivity (Wildman–Crippen MR) is 89.0 cm³/mol. The van der Waals surface area contributed by atoms with Crippen molar-refractivity contribution in [1.29, 1.82) is 0 Å². The van der Waals surface area contributed by atoms with E-state index >= 15 is 0 Å². The molecule has 20 heavy (non-hydrogen) atoms. The van der Waals surface area contributed by atoms with Crippen LogP contribution >= 0.6 is 15.9 Å². The summed E-state index contributed by atoms with van der Waals surface area (Å²) in [4.78, 5) is 0. The largest absolute Gasteiger partial charge is 0.398 e. The van der Waals surface area contributed by atoms with Crippen molar-refractivity contribution in [2.45, 2.75) is 19.9 Å². The van der Waals surface area contributed by atoms with Crippen LogP contribution in [0.5, 0.6) is 0 Å². The number of fused-ring (bicyclic) bond motifs is 1. The van der Waals surface area contributed by atoms with Gasteiger partial charge in [0.25, 0.3) is 0 Å². The maximum absolute atomic E-state index is 5.96. The molecule has 3 rings (SSSR count). The first kappa shape index (κ1) is 13.3. The van der Waals surface area contributed by atoms with E-state index < -0.39 is 0 Å². The average Bonchev–Trinajstić information content (AvgIpc) is 2.87. The van der Waals surface area contributed by atoms with Gasteiger partial charge < -0.3 is 10.3 Å². The minimum Gasteiger partial charge on any atom is -0.398 e. The molecule has 0 aliphatic rings. The number of aromatic nitrogens is 1. The van der Waals surface area contributed by atoms with Gasteiger partial charge in [-0.05, 0) is 51.0 Å². The lowest BCUT2D eigenvalue weighted by atomic mass is 10.1. The Morgan fingerprint density at radius 2 is 1.80 bits per heavy atom. The Kier molecular flexibility index (Phi) is 3.53. The van der Waals surface area contributed by atoms with Crippen LogP contribution in [0, 0.1) is 0 Å². The lowest BCUT2D eigenvalue weighted by molar-refractivity contribution is 0.828. The van der Waals surface area contributed by atoms with Crippen LogP contribution in [0.4, 0.5) is 5.69 Å². The molecule has 3 heteroatoms. The van der Waals surface area contributed by atoms with Crippen molar-refractivity contribution in [2.75, 3.05) is 5.73 Å². The van der Waals surface area contributed by atoms with Crippen LogP contribution < -0.4 is 5.73 Å². The molecule has 2 aromatic carbocycles. The molecule has 0 fully saturated rings. The van der Waals surface area contributed by atoms with Crippen LogP contribution in [0.3, 0.4) is 0 Å². The zero-order valence-electron chi connectivity index (χ0n) is 11.4. The zero-order valence-corrected chi connectivity index (χ0v) is 13.0. The molecule has 0 spiro atoms. The number of halogens is 1. The standard InChI is InChI=1S/C17H17BrN2/c1-2-12-5-3-6-13-9-10-20(17(12)13)11-14-7-4-8-15(19)16(14)18/h3-10H,2,11,19H2,1H3. The highest BCUT2D eigenvalue weighted by Crippen LogP contribution is 2.27. The van der Waals surface area contributed by atoms with Crippen molar-refractivity contribution in [3.05, 3.63) is 64.3 Å². The van der Waals surface area contributed by atoms with Gasteiger partial charge in [-0.2, -0.15) is 0 Å². The van der Waals surface area contributed by atoms with Gasteiger partial charge in [-0.1, -0.05) is 37.3 Å². The molecule has 0 atom stereocenters. The molecular weight excluding hydrogens is 312 g/mol. The van der Waals surface area contributed by atoms with E-state index in [1.54, 1.807) is 0 Å². The highest BCUT2D eigenvalue weighted by atomic mass is 79.9. The van der Waals surface area contributed by atoms with Gasteiger partial charge in [-0.3, -0.25) is 0 Å². The van der Waals surface area contributed by atoms with Crippen LogP contribution in [0.25, 0.3) is 10.9 Å². The maximum Gasteiger partial charge on any atom is 0.0515 e. The van der Waals surface area contributed by atoms with E-state index in [2.05, 4.69) is 63.9 Å². The number of aryl methyl sites for hydroxylation is 1. The van der Waals surface area contributed by atoms with Gasteiger partial charge in [0.15, 0.2) is 0 Å². The molecule has 0 saturated carbocycles. The van der Waals surface area contributed by atoms with E-state index in [9.17, 15) is 0 Å². The van der Waals surface area contributed by atoms with Gasteiger partial charge in [0.2, 0.25) is 0 Å². The first-order valence-corrected chi connectivity index (χ1v) is 7.59.